The van der Waals surface area contributed by atoms with Crippen molar-refractivity contribution in [2.45, 2.75) is 26.7 Å². The van der Waals surface area contributed by atoms with Crippen LogP contribution in [0, 0.1) is 0 Å². The molecular formula is C21H22ClNO3. The Bertz CT molecular complexity index is 872. The molecule has 2 aromatic rings. The van der Waals surface area contributed by atoms with E-state index in [1.165, 1.54) is 6.92 Å². The zero-order valence-electron chi connectivity index (χ0n) is 15.2. The molecule has 0 spiro atoms. The summed E-state index contributed by atoms with van der Waals surface area (Å²) in [5.41, 5.74) is 3.24. The van der Waals surface area contributed by atoms with Crippen LogP contribution in [0.25, 0.3) is 0 Å². The van der Waals surface area contributed by atoms with Crippen molar-refractivity contribution in [1.82, 2.24) is 0 Å². The van der Waals surface area contributed by atoms with Crippen LogP contribution in [-0.4, -0.2) is 23.7 Å². The molecule has 0 aliphatic carbocycles. The monoisotopic (exact) mass is 371 g/mol. The van der Waals surface area contributed by atoms with Crippen LogP contribution in [0.3, 0.4) is 0 Å². The number of phenolic OH excluding ortho intramolecular Hbond substituents is 1. The van der Waals surface area contributed by atoms with E-state index in [-0.39, 0.29) is 11.5 Å². The molecule has 26 heavy (non-hydrogen) atoms. The predicted molar refractivity (Wildman–Crippen MR) is 106 cm³/mol. The first-order valence-electron chi connectivity index (χ1n) is 8.21. The summed E-state index contributed by atoms with van der Waals surface area (Å²) < 4.78 is 5.09. The highest BCUT2D eigenvalue weighted by molar-refractivity contribution is 6.31. The van der Waals surface area contributed by atoms with Crippen LogP contribution in [0.15, 0.2) is 53.7 Å². The first-order chi connectivity index (χ1) is 12.3. The van der Waals surface area contributed by atoms with E-state index in [1.807, 2.05) is 12.1 Å². The lowest BCUT2D eigenvalue weighted by atomic mass is 10.0. The number of ketones is 1. The first-order valence-corrected chi connectivity index (χ1v) is 8.59. The Hall–Kier alpha value is -2.59. The Kier molecular flexibility index (Phi) is 6.58. The molecule has 0 atom stereocenters. The number of Topliss-reactive ketones (excluding diaryl/α,β-unsaturated/α-hetero) is 1. The van der Waals surface area contributed by atoms with Gasteiger partial charge in [-0.05, 0) is 56.2 Å². The number of ether oxygens (including phenoxy) is 1. The van der Waals surface area contributed by atoms with Crippen LogP contribution in [0.4, 0.5) is 5.69 Å². The fraction of sp³-hybridized carbons (Fsp3) is 0.238. The molecule has 5 heteroatoms. The number of methoxy groups -OCH3 is 1. The molecule has 0 aliphatic rings. The number of aliphatic imine (C=N–C) groups is 1. The lowest BCUT2D eigenvalue weighted by Crippen LogP contribution is -1.99. The van der Waals surface area contributed by atoms with E-state index in [2.05, 4.69) is 11.6 Å². The average molecular weight is 372 g/mol. The number of hydrogen-bond acceptors (Lipinski definition) is 4. The van der Waals surface area contributed by atoms with E-state index in [4.69, 9.17) is 16.3 Å². The van der Waals surface area contributed by atoms with Crippen molar-refractivity contribution in [3.05, 3.63) is 70.4 Å². The van der Waals surface area contributed by atoms with Gasteiger partial charge in [-0.2, -0.15) is 0 Å². The number of carbonyl (C=O) groups excluding carboxylic acids is 1. The molecule has 0 fully saturated rings. The molecule has 0 saturated carbocycles. The van der Waals surface area contributed by atoms with Gasteiger partial charge in [0.05, 0.1) is 18.6 Å². The van der Waals surface area contributed by atoms with Gasteiger partial charge in [-0.15, -0.1) is 0 Å². The maximum atomic E-state index is 11.8. The molecule has 4 nitrogen and oxygen atoms in total. The molecule has 0 radical (unpaired) electrons. The molecule has 0 heterocycles. The maximum Gasteiger partial charge on any atom is 0.162 e. The van der Waals surface area contributed by atoms with Gasteiger partial charge in [0.15, 0.2) is 5.78 Å². The number of carbonyl (C=O) groups is 1. The summed E-state index contributed by atoms with van der Waals surface area (Å²) in [4.78, 5) is 16.4. The Balaban J connectivity index is 2.37. The van der Waals surface area contributed by atoms with Crippen LogP contribution in [-0.2, 0) is 11.2 Å². The number of aromatic hydroxyl groups is 1. The second-order valence-corrected chi connectivity index (χ2v) is 6.45. The summed E-state index contributed by atoms with van der Waals surface area (Å²) >= 11 is 5.97. The number of halogens is 1. The molecule has 0 saturated heterocycles. The van der Waals surface area contributed by atoms with E-state index in [0.29, 0.717) is 39.7 Å². The predicted octanol–water partition coefficient (Wildman–Crippen LogP) is 5.48. The molecule has 1 N–H and O–H groups in total. The zero-order valence-corrected chi connectivity index (χ0v) is 15.9. The fourth-order valence-corrected chi connectivity index (χ4v) is 2.72. The SMILES string of the molecule is C=C(CCc1ccc(O)c(/C(C)=N/c2ccc(Cl)cc2C(C)=O)c1)OC. The van der Waals surface area contributed by atoms with E-state index in [1.54, 1.807) is 38.3 Å². The highest BCUT2D eigenvalue weighted by Crippen LogP contribution is 2.27. The van der Waals surface area contributed by atoms with Gasteiger partial charge < -0.3 is 9.84 Å². The van der Waals surface area contributed by atoms with E-state index in [0.717, 1.165) is 12.0 Å². The highest BCUT2D eigenvalue weighted by atomic mass is 35.5. The third kappa shape index (κ3) is 4.96. The van der Waals surface area contributed by atoms with Gasteiger partial charge >= 0.3 is 0 Å². The second-order valence-electron chi connectivity index (χ2n) is 6.01. The zero-order chi connectivity index (χ0) is 19.3. The number of phenols is 1. The number of rotatable bonds is 7. The van der Waals surface area contributed by atoms with E-state index < -0.39 is 0 Å². The van der Waals surface area contributed by atoms with Crippen molar-refractivity contribution in [2.24, 2.45) is 4.99 Å². The minimum atomic E-state index is -0.116. The maximum absolute atomic E-state index is 11.8. The van der Waals surface area contributed by atoms with Crippen molar-refractivity contribution >= 4 is 28.8 Å². The van der Waals surface area contributed by atoms with Gasteiger partial charge in [-0.3, -0.25) is 9.79 Å². The first kappa shape index (κ1) is 19.7. The number of aryl methyl sites for hydroxylation is 1. The summed E-state index contributed by atoms with van der Waals surface area (Å²) in [6.07, 6.45) is 1.44. The van der Waals surface area contributed by atoms with E-state index >= 15 is 0 Å². The molecule has 2 rings (SSSR count). The van der Waals surface area contributed by atoms with Crippen LogP contribution in [0.5, 0.6) is 5.75 Å². The molecule has 0 amide bonds. The topological polar surface area (TPSA) is 58.9 Å². The summed E-state index contributed by atoms with van der Waals surface area (Å²) in [5, 5.41) is 10.7. The Morgan fingerprint density at radius 2 is 1.92 bits per heavy atom. The second kappa shape index (κ2) is 8.68. The highest BCUT2D eigenvalue weighted by Gasteiger charge is 2.11. The molecule has 0 aliphatic heterocycles. The molecule has 136 valence electrons. The number of allylic oxidation sites excluding steroid dienone is 1. The van der Waals surface area contributed by atoms with E-state index in [9.17, 15) is 9.90 Å². The van der Waals surface area contributed by atoms with Crippen molar-refractivity contribution in [1.29, 1.82) is 0 Å². The van der Waals surface area contributed by atoms with Gasteiger partial charge in [-0.1, -0.05) is 24.2 Å². The lowest BCUT2D eigenvalue weighted by molar-refractivity contribution is 0.101. The van der Waals surface area contributed by atoms with Gasteiger partial charge in [0.2, 0.25) is 0 Å². The number of hydrogen-bond donors (Lipinski definition) is 1. The number of benzene rings is 2. The van der Waals surface area contributed by atoms with Gasteiger partial charge in [0.1, 0.15) is 5.75 Å². The largest absolute Gasteiger partial charge is 0.507 e. The standard InChI is InChI=1S/C21H22ClNO3/c1-13(26-4)5-6-16-7-10-21(25)18(11-16)14(2)23-20-9-8-17(22)12-19(20)15(3)24/h7-12,25H,1,5-6H2,2-4H3/b23-14+. The molecule has 0 unspecified atom stereocenters. The van der Waals surface area contributed by atoms with Crippen molar-refractivity contribution in [2.75, 3.05) is 7.11 Å². The number of nitrogens with zero attached hydrogens (tertiary/aromatic N) is 1. The molecule has 2 aromatic carbocycles. The minimum absolute atomic E-state index is 0.116. The third-order valence-corrected chi connectivity index (χ3v) is 4.29. The summed E-state index contributed by atoms with van der Waals surface area (Å²) in [6, 6.07) is 10.4. The minimum Gasteiger partial charge on any atom is -0.507 e. The summed E-state index contributed by atoms with van der Waals surface area (Å²) in [7, 11) is 1.60. The van der Waals surface area contributed by atoms with Crippen LogP contribution in [0.2, 0.25) is 5.02 Å². The van der Waals surface area contributed by atoms with Crippen molar-refractivity contribution < 1.29 is 14.6 Å². The van der Waals surface area contributed by atoms with Gasteiger partial charge in [0, 0.05) is 28.3 Å². The van der Waals surface area contributed by atoms with Crippen LogP contribution in [0.1, 0.15) is 41.8 Å². The smallest absolute Gasteiger partial charge is 0.162 e. The third-order valence-electron chi connectivity index (χ3n) is 4.06. The molecular weight excluding hydrogens is 350 g/mol. The van der Waals surface area contributed by atoms with Gasteiger partial charge in [0.25, 0.3) is 0 Å². The average Bonchev–Trinajstić information content (AvgIpc) is 2.61. The quantitative estimate of drug-likeness (QED) is 0.398. The van der Waals surface area contributed by atoms with Crippen molar-refractivity contribution in [3.63, 3.8) is 0 Å². The van der Waals surface area contributed by atoms with Crippen LogP contribution < -0.4 is 0 Å². The summed E-state index contributed by atoms with van der Waals surface area (Å²) in [5.74, 6) is 0.728. The lowest BCUT2D eigenvalue weighted by Gasteiger charge is -2.10. The Morgan fingerprint density at radius 1 is 1.19 bits per heavy atom. The Labute approximate surface area is 158 Å². The van der Waals surface area contributed by atoms with Gasteiger partial charge in [-0.25, -0.2) is 0 Å². The van der Waals surface area contributed by atoms with Crippen molar-refractivity contribution in [3.8, 4) is 5.75 Å². The molecule has 0 bridgehead atoms. The molecule has 0 aromatic heterocycles. The Morgan fingerprint density at radius 3 is 2.58 bits per heavy atom. The summed E-state index contributed by atoms with van der Waals surface area (Å²) in [6.45, 7) is 7.08. The normalized spacial score (nSPS) is 11.3. The fourth-order valence-electron chi connectivity index (χ4n) is 2.54. The van der Waals surface area contributed by atoms with Crippen LogP contribution >= 0.6 is 11.6 Å².